The highest BCUT2D eigenvalue weighted by Crippen LogP contribution is 2.25. The lowest BCUT2D eigenvalue weighted by molar-refractivity contribution is -0.136. The molecule has 0 aromatic heterocycles. The Morgan fingerprint density at radius 1 is 1.15 bits per heavy atom. The summed E-state index contributed by atoms with van der Waals surface area (Å²) in [5.74, 6) is -0.628. The van der Waals surface area contributed by atoms with Crippen molar-refractivity contribution in [1.82, 2.24) is 0 Å². The van der Waals surface area contributed by atoms with Crippen LogP contribution in [0.4, 0.5) is 11.4 Å². The molecule has 1 fully saturated rings. The number of amides is 2. The molecule has 0 saturated carbocycles. The Bertz CT molecular complexity index is 848. The summed E-state index contributed by atoms with van der Waals surface area (Å²) in [4.78, 5) is 36.3. The van der Waals surface area contributed by atoms with Gasteiger partial charge in [-0.2, -0.15) is 0 Å². The van der Waals surface area contributed by atoms with E-state index in [2.05, 4.69) is 5.32 Å². The number of benzene rings is 2. The van der Waals surface area contributed by atoms with Crippen molar-refractivity contribution in [2.75, 3.05) is 23.4 Å². The van der Waals surface area contributed by atoms with Crippen LogP contribution >= 0.6 is 0 Å². The van der Waals surface area contributed by atoms with Gasteiger partial charge < -0.3 is 20.1 Å². The summed E-state index contributed by atoms with van der Waals surface area (Å²) in [6, 6.07) is 13.7. The molecule has 0 spiro atoms. The molecule has 2 N–H and O–H groups in total. The van der Waals surface area contributed by atoms with Crippen LogP contribution in [0.3, 0.4) is 0 Å². The van der Waals surface area contributed by atoms with E-state index in [9.17, 15) is 14.4 Å². The number of carbonyl (C=O) groups excluding carboxylic acids is 2. The van der Waals surface area contributed by atoms with Gasteiger partial charge in [0.05, 0.1) is 6.42 Å². The second-order valence-electron chi connectivity index (χ2n) is 6.25. The maximum absolute atomic E-state index is 12.0. The summed E-state index contributed by atoms with van der Waals surface area (Å²) in [6.07, 6.45) is 1.34. The lowest BCUT2D eigenvalue weighted by Crippen LogP contribution is -2.24. The van der Waals surface area contributed by atoms with E-state index >= 15 is 0 Å². The Morgan fingerprint density at radius 2 is 1.93 bits per heavy atom. The highest BCUT2D eigenvalue weighted by atomic mass is 16.5. The van der Waals surface area contributed by atoms with E-state index in [0.717, 1.165) is 12.1 Å². The van der Waals surface area contributed by atoms with Crippen molar-refractivity contribution in [3.8, 4) is 5.75 Å². The first-order valence-electron chi connectivity index (χ1n) is 8.65. The number of nitrogens with one attached hydrogen (secondary N) is 1. The topological polar surface area (TPSA) is 95.9 Å². The van der Waals surface area contributed by atoms with Gasteiger partial charge in [0.15, 0.2) is 6.61 Å². The lowest BCUT2D eigenvalue weighted by Gasteiger charge is -2.16. The van der Waals surface area contributed by atoms with Crippen molar-refractivity contribution in [2.24, 2.45) is 0 Å². The Balaban J connectivity index is 1.53. The van der Waals surface area contributed by atoms with E-state index in [4.69, 9.17) is 9.84 Å². The molecule has 1 saturated heterocycles. The number of carbonyl (C=O) groups is 3. The van der Waals surface area contributed by atoms with Gasteiger partial charge in [0.25, 0.3) is 5.91 Å². The molecule has 1 aliphatic rings. The second kappa shape index (κ2) is 8.35. The molecular weight excluding hydrogens is 348 g/mol. The first-order chi connectivity index (χ1) is 13.0. The molecule has 2 aromatic carbocycles. The number of aliphatic carboxylic acids is 1. The Hall–Kier alpha value is -3.35. The number of carboxylic acid groups (broad SMARTS) is 1. The Labute approximate surface area is 156 Å². The number of ether oxygens (including phenoxy) is 1. The fourth-order valence-electron chi connectivity index (χ4n) is 2.89. The van der Waals surface area contributed by atoms with E-state index in [1.54, 1.807) is 47.4 Å². The Morgan fingerprint density at radius 3 is 2.59 bits per heavy atom. The van der Waals surface area contributed by atoms with E-state index in [1.807, 2.05) is 6.07 Å². The molecule has 2 amide bonds. The van der Waals surface area contributed by atoms with Gasteiger partial charge in [0.1, 0.15) is 5.75 Å². The molecule has 3 rings (SSSR count). The van der Waals surface area contributed by atoms with Crippen molar-refractivity contribution in [3.05, 3.63) is 54.1 Å². The van der Waals surface area contributed by atoms with Crippen LogP contribution in [0.1, 0.15) is 18.4 Å². The summed E-state index contributed by atoms with van der Waals surface area (Å²) in [6.45, 7) is 0.523. The molecule has 7 heteroatoms. The zero-order valence-electron chi connectivity index (χ0n) is 14.7. The molecule has 0 atom stereocenters. The first kappa shape index (κ1) is 18.4. The van der Waals surface area contributed by atoms with Gasteiger partial charge in [-0.1, -0.05) is 18.2 Å². The fraction of sp³-hybridized carbons (Fsp3) is 0.250. The van der Waals surface area contributed by atoms with Crippen LogP contribution in [0.2, 0.25) is 0 Å². The number of rotatable bonds is 7. The van der Waals surface area contributed by atoms with Crippen LogP contribution in [-0.2, 0) is 20.8 Å². The maximum atomic E-state index is 12.0. The minimum absolute atomic E-state index is 0.0623. The number of hydrogen-bond donors (Lipinski definition) is 2. The quantitative estimate of drug-likeness (QED) is 0.783. The van der Waals surface area contributed by atoms with Crippen LogP contribution in [0.15, 0.2) is 48.5 Å². The van der Waals surface area contributed by atoms with Crippen LogP contribution in [0.5, 0.6) is 5.75 Å². The van der Waals surface area contributed by atoms with Crippen molar-refractivity contribution >= 4 is 29.2 Å². The average Bonchev–Trinajstić information content (AvgIpc) is 3.07. The number of nitrogens with zero attached hydrogens (tertiary/aromatic N) is 1. The SMILES string of the molecule is O=C(O)Cc1ccc(NC(=O)COc2cccc(N3CCCC3=O)c2)cc1. The molecule has 0 unspecified atom stereocenters. The van der Waals surface area contributed by atoms with Crippen molar-refractivity contribution in [2.45, 2.75) is 19.3 Å². The highest BCUT2D eigenvalue weighted by molar-refractivity contribution is 5.95. The summed E-state index contributed by atoms with van der Waals surface area (Å²) in [7, 11) is 0. The predicted octanol–water partition coefficient (Wildman–Crippen LogP) is 2.46. The minimum Gasteiger partial charge on any atom is -0.484 e. The van der Waals surface area contributed by atoms with Gasteiger partial charge in [-0.05, 0) is 36.2 Å². The summed E-state index contributed by atoms with van der Waals surface area (Å²) in [5, 5.41) is 11.4. The minimum atomic E-state index is -0.905. The van der Waals surface area contributed by atoms with Crippen LogP contribution < -0.4 is 15.0 Å². The van der Waals surface area contributed by atoms with Crippen molar-refractivity contribution in [3.63, 3.8) is 0 Å². The Kier molecular flexibility index (Phi) is 5.71. The first-order valence-corrected chi connectivity index (χ1v) is 8.65. The largest absolute Gasteiger partial charge is 0.484 e. The number of anilines is 2. The third-order valence-electron chi connectivity index (χ3n) is 4.17. The third-order valence-corrected chi connectivity index (χ3v) is 4.17. The van der Waals surface area contributed by atoms with Crippen molar-refractivity contribution < 1.29 is 24.2 Å². The maximum Gasteiger partial charge on any atom is 0.307 e. The molecule has 2 aromatic rings. The molecule has 0 radical (unpaired) electrons. The molecule has 0 bridgehead atoms. The molecule has 27 heavy (non-hydrogen) atoms. The molecular formula is C20H20N2O5. The van der Waals surface area contributed by atoms with Crippen LogP contribution in [0, 0.1) is 0 Å². The van der Waals surface area contributed by atoms with Gasteiger partial charge in [0, 0.05) is 30.4 Å². The van der Waals surface area contributed by atoms with Crippen molar-refractivity contribution in [1.29, 1.82) is 0 Å². The van der Waals surface area contributed by atoms with Gasteiger partial charge in [-0.3, -0.25) is 14.4 Å². The normalized spacial score (nSPS) is 13.5. The predicted molar refractivity (Wildman–Crippen MR) is 99.9 cm³/mol. The van der Waals surface area contributed by atoms with E-state index in [0.29, 0.717) is 30.0 Å². The smallest absolute Gasteiger partial charge is 0.307 e. The van der Waals surface area contributed by atoms with E-state index < -0.39 is 5.97 Å². The third kappa shape index (κ3) is 5.07. The monoisotopic (exact) mass is 368 g/mol. The fourth-order valence-corrected chi connectivity index (χ4v) is 2.89. The summed E-state index contributed by atoms with van der Waals surface area (Å²) in [5.41, 5.74) is 1.99. The van der Waals surface area contributed by atoms with Gasteiger partial charge in [-0.25, -0.2) is 0 Å². The average molecular weight is 368 g/mol. The zero-order chi connectivity index (χ0) is 19.2. The van der Waals surface area contributed by atoms with Gasteiger partial charge in [0.2, 0.25) is 5.91 Å². The molecule has 1 aliphatic heterocycles. The molecule has 0 aliphatic carbocycles. The molecule has 1 heterocycles. The standard InChI is InChI=1S/C20H20N2O5/c23-18(21-15-8-6-14(7-9-15)11-20(25)26)13-27-17-4-1-3-16(12-17)22-10-2-5-19(22)24/h1,3-4,6-9,12H,2,5,10-11,13H2,(H,21,23)(H,25,26). The van der Waals surface area contributed by atoms with Crippen LogP contribution in [0.25, 0.3) is 0 Å². The molecule has 7 nitrogen and oxygen atoms in total. The second-order valence-corrected chi connectivity index (χ2v) is 6.25. The zero-order valence-corrected chi connectivity index (χ0v) is 14.7. The highest BCUT2D eigenvalue weighted by Gasteiger charge is 2.21. The number of carboxylic acids is 1. The van der Waals surface area contributed by atoms with Gasteiger partial charge >= 0.3 is 5.97 Å². The van der Waals surface area contributed by atoms with Crippen LogP contribution in [-0.4, -0.2) is 36.0 Å². The summed E-state index contributed by atoms with van der Waals surface area (Å²) < 4.78 is 5.52. The number of hydrogen-bond acceptors (Lipinski definition) is 4. The van der Waals surface area contributed by atoms with Gasteiger partial charge in [-0.15, -0.1) is 0 Å². The lowest BCUT2D eigenvalue weighted by atomic mass is 10.1. The summed E-state index contributed by atoms with van der Waals surface area (Å²) >= 11 is 0. The van der Waals surface area contributed by atoms with E-state index in [1.165, 1.54) is 0 Å². The van der Waals surface area contributed by atoms with E-state index in [-0.39, 0.29) is 24.8 Å². The molecule has 140 valence electrons.